The molecule has 6 nitrogen and oxygen atoms in total. The lowest BCUT2D eigenvalue weighted by Gasteiger charge is -2.01. The maximum absolute atomic E-state index is 11.8. The molecule has 0 aliphatic rings. The molecule has 0 aliphatic heterocycles. The van der Waals surface area contributed by atoms with Crippen molar-refractivity contribution < 1.29 is 4.79 Å². The van der Waals surface area contributed by atoms with Gasteiger partial charge in [-0.2, -0.15) is 0 Å². The molecular weight excluding hydrogens is 252 g/mol. The fourth-order valence-electron chi connectivity index (χ4n) is 1.31. The van der Waals surface area contributed by atoms with Gasteiger partial charge in [-0.05, 0) is 13.0 Å². The minimum atomic E-state index is -0.369. The monoisotopic (exact) mass is 264 g/mol. The van der Waals surface area contributed by atoms with Crippen LogP contribution < -0.4 is 16.6 Å². The lowest BCUT2D eigenvalue weighted by Crippen LogP contribution is -2.15. The Kier molecular flexibility index (Phi) is 3.54. The van der Waals surface area contributed by atoms with Gasteiger partial charge in [-0.15, -0.1) is 11.3 Å². The van der Waals surface area contributed by atoms with E-state index in [0.29, 0.717) is 5.13 Å². The van der Waals surface area contributed by atoms with Gasteiger partial charge >= 0.3 is 0 Å². The number of H-pyrrole nitrogens is 1. The third kappa shape index (κ3) is 2.82. The first kappa shape index (κ1) is 12.5. The van der Waals surface area contributed by atoms with E-state index < -0.39 is 0 Å². The Morgan fingerprint density at radius 2 is 2.39 bits per heavy atom. The second kappa shape index (κ2) is 5.11. The smallest absolute Gasteiger partial charge is 0.257 e. The van der Waals surface area contributed by atoms with E-state index in [-0.39, 0.29) is 23.1 Å². The average molecular weight is 264 g/mol. The van der Waals surface area contributed by atoms with Crippen LogP contribution in [0.3, 0.4) is 0 Å². The Morgan fingerprint density at radius 1 is 1.61 bits per heavy atom. The topological polar surface area (TPSA) is 101 Å². The fraction of sp³-hybridized carbons (Fsp3) is 0.182. The molecule has 0 spiro atoms. The first-order chi connectivity index (χ1) is 8.56. The third-order valence-corrected chi connectivity index (χ3v) is 3.02. The zero-order valence-corrected chi connectivity index (χ0v) is 10.5. The molecule has 0 fully saturated rings. The molecule has 18 heavy (non-hydrogen) atoms. The number of nitrogens with two attached hydrogens (primary N) is 1. The SMILES string of the molecule is CC(N)c1csc(NC(=O)c2cc[nH]c(=O)c2)n1. The summed E-state index contributed by atoms with van der Waals surface area (Å²) >= 11 is 1.30. The number of anilines is 1. The van der Waals surface area contributed by atoms with Crippen molar-refractivity contribution in [3.8, 4) is 0 Å². The van der Waals surface area contributed by atoms with Crippen molar-refractivity contribution in [2.45, 2.75) is 13.0 Å². The van der Waals surface area contributed by atoms with E-state index in [1.165, 1.54) is 29.7 Å². The van der Waals surface area contributed by atoms with E-state index in [1.54, 1.807) is 5.38 Å². The summed E-state index contributed by atoms with van der Waals surface area (Å²) in [5.41, 5.74) is 6.37. The van der Waals surface area contributed by atoms with Gasteiger partial charge in [0.25, 0.3) is 5.91 Å². The van der Waals surface area contributed by atoms with Crippen molar-refractivity contribution in [2.75, 3.05) is 5.32 Å². The Bertz CT molecular complexity index is 617. The molecule has 94 valence electrons. The molecule has 1 amide bonds. The summed E-state index contributed by atoms with van der Waals surface area (Å²) in [7, 11) is 0. The van der Waals surface area contributed by atoms with Crippen molar-refractivity contribution in [1.82, 2.24) is 9.97 Å². The van der Waals surface area contributed by atoms with Crippen molar-refractivity contribution in [1.29, 1.82) is 0 Å². The van der Waals surface area contributed by atoms with Crippen molar-refractivity contribution in [3.05, 3.63) is 45.3 Å². The molecule has 0 aliphatic carbocycles. The number of aromatic nitrogens is 2. The highest BCUT2D eigenvalue weighted by Crippen LogP contribution is 2.19. The number of hydrogen-bond acceptors (Lipinski definition) is 5. The normalized spacial score (nSPS) is 12.1. The Hall–Kier alpha value is -1.99. The van der Waals surface area contributed by atoms with Gasteiger partial charge in [0.2, 0.25) is 5.56 Å². The number of hydrogen-bond donors (Lipinski definition) is 3. The number of rotatable bonds is 3. The molecular formula is C11H12N4O2S. The van der Waals surface area contributed by atoms with Gasteiger partial charge < -0.3 is 10.7 Å². The predicted molar refractivity (Wildman–Crippen MR) is 69.7 cm³/mol. The molecule has 0 saturated carbocycles. The van der Waals surface area contributed by atoms with Crippen LogP contribution in [0, 0.1) is 0 Å². The van der Waals surface area contributed by atoms with Crippen LogP contribution in [0.1, 0.15) is 29.0 Å². The number of pyridine rings is 1. The number of thiazole rings is 1. The Morgan fingerprint density at radius 3 is 3.00 bits per heavy atom. The summed E-state index contributed by atoms with van der Waals surface area (Å²) in [6.45, 7) is 1.82. The fourth-order valence-corrected chi connectivity index (χ4v) is 2.12. The van der Waals surface area contributed by atoms with Gasteiger partial charge in [0.05, 0.1) is 5.69 Å². The summed E-state index contributed by atoms with van der Waals surface area (Å²) in [5.74, 6) is -0.369. The van der Waals surface area contributed by atoms with E-state index in [2.05, 4.69) is 15.3 Å². The zero-order chi connectivity index (χ0) is 13.1. The molecule has 1 unspecified atom stereocenters. The highest BCUT2D eigenvalue weighted by molar-refractivity contribution is 7.14. The molecule has 4 N–H and O–H groups in total. The van der Waals surface area contributed by atoms with E-state index in [1.807, 2.05) is 6.92 Å². The molecule has 7 heteroatoms. The van der Waals surface area contributed by atoms with Gasteiger partial charge in [0.1, 0.15) is 0 Å². The summed E-state index contributed by atoms with van der Waals surface area (Å²) in [4.78, 5) is 29.5. The summed E-state index contributed by atoms with van der Waals surface area (Å²) in [6, 6.07) is 2.58. The van der Waals surface area contributed by atoms with Crippen LogP contribution in [0.2, 0.25) is 0 Å². The second-order valence-electron chi connectivity index (χ2n) is 3.76. The van der Waals surface area contributed by atoms with E-state index in [0.717, 1.165) is 5.69 Å². The third-order valence-electron chi connectivity index (χ3n) is 2.25. The largest absolute Gasteiger partial charge is 0.329 e. The highest BCUT2D eigenvalue weighted by atomic mass is 32.1. The zero-order valence-electron chi connectivity index (χ0n) is 9.64. The van der Waals surface area contributed by atoms with Crippen LogP contribution in [0.15, 0.2) is 28.5 Å². The van der Waals surface area contributed by atoms with Crippen LogP contribution >= 0.6 is 11.3 Å². The van der Waals surface area contributed by atoms with Crippen molar-refractivity contribution >= 4 is 22.4 Å². The number of aromatic amines is 1. The number of nitrogens with one attached hydrogen (secondary N) is 2. The first-order valence-electron chi connectivity index (χ1n) is 5.27. The van der Waals surface area contributed by atoms with Gasteiger partial charge in [-0.1, -0.05) is 0 Å². The van der Waals surface area contributed by atoms with Gasteiger partial charge in [-0.3, -0.25) is 14.9 Å². The van der Waals surface area contributed by atoms with Crippen LogP contribution in [0.25, 0.3) is 0 Å². The van der Waals surface area contributed by atoms with Crippen LogP contribution in [-0.2, 0) is 0 Å². The minimum absolute atomic E-state index is 0.175. The van der Waals surface area contributed by atoms with Gasteiger partial charge in [0, 0.05) is 29.2 Å². The maximum Gasteiger partial charge on any atom is 0.257 e. The highest BCUT2D eigenvalue weighted by Gasteiger charge is 2.10. The second-order valence-corrected chi connectivity index (χ2v) is 4.62. The Balaban J connectivity index is 2.13. The number of carbonyl (C=O) groups excluding carboxylic acids is 1. The predicted octanol–water partition coefficient (Wildman–Crippen LogP) is 1.10. The van der Waals surface area contributed by atoms with Crippen LogP contribution in [-0.4, -0.2) is 15.9 Å². The number of nitrogens with zero attached hydrogens (tertiary/aromatic N) is 1. The van der Waals surface area contributed by atoms with Crippen molar-refractivity contribution in [3.63, 3.8) is 0 Å². The minimum Gasteiger partial charge on any atom is -0.329 e. The van der Waals surface area contributed by atoms with Crippen LogP contribution in [0.5, 0.6) is 0 Å². The van der Waals surface area contributed by atoms with E-state index in [9.17, 15) is 9.59 Å². The molecule has 2 aromatic rings. The van der Waals surface area contributed by atoms with Crippen LogP contribution in [0.4, 0.5) is 5.13 Å². The van der Waals surface area contributed by atoms with E-state index in [4.69, 9.17) is 5.73 Å². The lowest BCUT2D eigenvalue weighted by molar-refractivity contribution is 0.102. The molecule has 0 bridgehead atoms. The number of amides is 1. The van der Waals surface area contributed by atoms with Gasteiger partial charge in [0.15, 0.2) is 5.13 Å². The average Bonchev–Trinajstić information content (AvgIpc) is 2.77. The molecule has 0 aromatic carbocycles. The Labute approximate surface area is 107 Å². The molecule has 2 heterocycles. The quantitative estimate of drug-likeness (QED) is 0.772. The van der Waals surface area contributed by atoms with Crippen molar-refractivity contribution in [2.24, 2.45) is 5.73 Å². The molecule has 2 rings (SSSR count). The summed E-state index contributed by atoms with van der Waals surface area (Å²) in [5, 5.41) is 4.88. The van der Waals surface area contributed by atoms with E-state index >= 15 is 0 Å². The number of carbonyl (C=O) groups is 1. The summed E-state index contributed by atoms with van der Waals surface area (Å²) in [6.07, 6.45) is 1.42. The molecule has 1 atom stereocenters. The molecule has 0 saturated heterocycles. The van der Waals surface area contributed by atoms with Gasteiger partial charge in [-0.25, -0.2) is 4.98 Å². The molecule has 2 aromatic heterocycles. The lowest BCUT2D eigenvalue weighted by atomic mass is 10.2. The molecule has 0 radical (unpaired) electrons. The maximum atomic E-state index is 11.8. The standard InChI is InChI=1S/C11H12N4O2S/c1-6(12)8-5-18-11(14-8)15-10(17)7-2-3-13-9(16)4-7/h2-6H,12H2,1H3,(H,13,16)(H,14,15,17). The summed E-state index contributed by atoms with van der Waals surface area (Å²) < 4.78 is 0. The first-order valence-corrected chi connectivity index (χ1v) is 6.15.